The molecular formula is C17H25NO2. The second kappa shape index (κ2) is 5.96. The van der Waals surface area contributed by atoms with Gasteiger partial charge in [0.1, 0.15) is 11.5 Å². The van der Waals surface area contributed by atoms with Crippen molar-refractivity contribution in [2.24, 2.45) is 0 Å². The summed E-state index contributed by atoms with van der Waals surface area (Å²) in [5.41, 5.74) is 1.98. The number of carbonyl (C=O) groups excluding carboxylic acids is 1. The van der Waals surface area contributed by atoms with E-state index in [-0.39, 0.29) is 11.2 Å². The van der Waals surface area contributed by atoms with E-state index in [0.29, 0.717) is 0 Å². The van der Waals surface area contributed by atoms with Crippen LogP contribution in [0, 0.1) is 0 Å². The fraction of sp³-hybridized carbons (Fsp3) is 0.588. The normalized spacial score (nSPS) is 18.8. The van der Waals surface area contributed by atoms with Crippen molar-refractivity contribution in [1.82, 2.24) is 4.90 Å². The molecule has 0 radical (unpaired) electrons. The number of hydrogen-bond acceptors (Lipinski definition) is 3. The molecule has 0 amide bonds. The third-order valence-electron chi connectivity index (χ3n) is 4.70. The zero-order valence-corrected chi connectivity index (χ0v) is 13.0. The Labute approximate surface area is 121 Å². The minimum atomic E-state index is -0.372. The standard InChI is InChI=1S/C17H25NO2/c1-5-14-6-7-16(20-4)15(12-14)17(13(2)19)8-10-18(3)11-9-17/h6-7,12H,5,8-11H2,1-4H3. The lowest BCUT2D eigenvalue weighted by atomic mass is 9.69. The van der Waals surface area contributed by atoms with E-state index in [0.717, 1.165) is 43.7 Å². The van der Waals surface area contributed by atoms with Gasteiger partial charge in [-0.05, 0) is 58.0 Å². The Morgan fingerprint density at radius 1 is 1.35 bits per heavy atom. The molecule has 1 fully saturated rings. The summed E-state index contributed by atoms with van der Waals surface area (Å²) in [5.74, 6) is 1.11. The van der Waals surface area contributed by atoms with Crippen molar-refractivity contribution >= 4 is 5.78 Å². The van der Waals surface area contributed by atoms with Crippen LogP contribution in [-0.4, -0.2) is 37.9 Å². The minimum absolute atomic E-state index is 0.261. The molecular weight excluding hydrogens is 250 g/mol. The molecule has 3 nitrogen and oxygen atoms in total. The molecule has 1 aliphatic rings. The lowest BCUT2D eigenvalue weighted by Gasteiger charge is -2.40. The summed E-state index contributed by atoms with van der Waals surface area (Å²) in [5, 5.41) is 0. The van der Waals surface area contributed by atoms with Crippen molar-refractivity contribution in [3.63, 3.8) is 0 Å². The SMILES string of the molecule is CCc1ccc(OC)c(C2(C(C)=O)CCN(C)CC2)c1. The largest absolute Gasteiger partial charge is 0.496 e. The number of benzene rings is 1. The maximum absolute atomic E-state index is 12.4. The number of ether oxygens (including phenoxy) is 1. The third-order valence-corrected chi connectivity index (χ3v) is 4.70. The second-order valence-corrected chi connectivity index (χ2v) is 5.83. The topological polar surface area (TPSA) is 29.5 Å². The first kappa shape index (κ1) is 15.0. The summed E-state index contributed by atoms with van der Waals surface area (Å²) in [6.45, 7) is 5.78. The number of rotatable bonds is 4. The highest BCUT2D eigenvalue weighted by Gasteiger charge is 2.41. The van der Waals surface area contributed by atoms with Gasteiger partial charge in [0.05, 0.1) is 12.5 Å². The van der Waals surface area contributed by atoms with Crippen LogP contribution in [0.1, 0.15) is 37.8 Å². The molecule has 110 valence electrons. The molecule has 2 rings (SSSR count). The zero-order valence-electron chi connectivity index (χ0n) is 13.0. The number of piperidine rings is 1. The van der Waals surface area contributed by atoms with Gasteiger partial charge >= 0.3 is 0 Å². The predicted molar refractivity (Wildman–Crippen MR) is 81.5 cm³/mol. The number of carbonyl (C=O) groups is 1. The van der Waals surface area contributed by atoms with Crippen LogP contribution in [0.25, 0.3) is 0 Å². The van der Waals surface area contributed by atoms with E-state index in [1.165, 1.54) is 5.56 Å². The van der Waals surface area contributed by atoms with Gasteiger partial charge in [-0.3, -0.25) is 4.79 Å². The van der Waals surface area contributed by atoms with Crippen LogP contribution < -0.4 is 4.74 Å². The monoisotopic (exact) mass is 275 g/mol. The Hall–Kier alpha value is -1.35. The molecule has 3 heteroatoms. The van der Waals surface area contributed by atoms with E-state index in [4.69, 9.17) is 4.74 Å². The summed E-state index contributed by atoms with van der Waals surface area (Å²) < 4.78 is 5.53. The number of methoxy groups -OCH3 is 1. The third kappa shape index (κ3) is 2.59. The van der Waals surface area contributed by atoms with Crippen molar-refractivity contribution in [3.05, 3.63) is 29.3 Å². The summed E-state index contributed by atoms with van der Waals surface area (Å²) in [4.78, 5) is 14.7. The molecule has 0 aliphatic carbocycles. The molecule has 1 aliphatic heterocycles. The van der Waals surface area contributed by atoms with Gasteiger partial charge in [-0.25, -0.2) is 0 Å². The Kier molecular flexibility index (Phi) is 4.48. The van der Waals surface area contributed by atoms with Gasteiger partial charge < -0.3 is 9.64 Å². The van der Waals surface area contributed by atoms with Crippen molar-refractivity contribution in [2.45, 2.75) is 38.5 Å². The number of Topliss-reactive ketones (excluding diaryl/α,β-unsaturated/α-hetero) is 1. The second-order valence-electron chi connectivity index (χ2n) is 5.83. The predicted octanol–water partition coefficient (Wildman–Crippen LogP) is 2.81. The van der Waals surface area contributed by atoms with Crippen LogP contribution in [0.5, 0.6) is 5.75 Å². The fourth-order valence-electron chi connectivity index (χ4n) is 3.16. The molecule has 1 aromatic rings. The van der Waals surface area contributed by atoms with Crippen molar-refractivity contribution in [3.8, 4) is 5.75 Å². The number of likely N-dealkylation sites (tertiary alicyclic amines) is 1. The van der Waals surface area contributed by atoms with Crippen LogP contribution in [0.15, 0.2) is 18.2 Å². The number of hydrogen-bond donors (Lipinski definition) is 0. The van der Waals surface area contributed by atoms with Gasteiger partial charge in [0, 0.05) is 5.56 Å². The van der Waals surface area contributed by atoms with Crippen molar-refractivity contribution in [1.29, 1.82) is 0 Å². The molecule has 0 bridgehead atoms. The molecule has 0 spiro atoms. The van der Waals surface area contributed by atoms with E-state index < -0.39 is 0 Å². The highest BCUT2D eigenvalue weighted by atomic mass is 16.5. The average Bonchev–Trinajstić information content (AvgIpc) is 2.47. The van der Waals surface area contributed by atoms with Crippen molar-refractivity contribution in [2.75, 3.05) is 27.2 Å². The van der Waals surface area contributed by atoms with Crippen LogP contribution in [-0.2, 0) is 16.6 Å². The molecule has 0 unspecified atom stereocenters. The number of aryl methyl sites for hydroxylation is 1. The van der Waals surface area contributed by atoms with E-state index in [1.54, 1.807) is 14.0 Å². The van der Waals surface area contributed by atoms with Crippen molar-refractivity contribution < 1.29 is 9.53 Å². The molecule has 0 aromatic heterocycles. The highest BCUT2D eigenvalue weighted by molar-refractivity contribution is 5.89. The lowest BCUT2D eigenvalue weighted by Crippen LogP contribution is -2.45. The molecule has 0 saturated carbocycles. The number of ketones is 1. The molecule has 0 atom stereocenters. The Balaban J connectivity index is 2.51. The van der Waals surface area contributed by atoms with E-state index in [1.807, 2.05) is 6.07 Å². The molecule has 1 saturated heterocycles. The zero-order chi connectivity index (χ0) is 14.8. The molecule has 20 heavy (non-hydrogen) atoms. The quantitative estimate of drug-likeness (QED) is 0.846. The van der Waals surface area contributed by atoms with Gasteiger partial charge in [0.15, 0.2) is 0 Å². The van der Waals surface area contributed by atoms with E-state index in [2.05, 4.69) is 31.0 Å². The first-order valence-corrected chi connectivity index (χ1v) is 7.40. The lowest BCUT2D eigenvalue weighted by molar-refractivity contribution is -0.124. The van der Waals surface area contributed by atoms with Gasteiger partial charge in [-0.1, -0.05) is 19.1 Å². The summed E-state index contributed by atoms with van der Waals surface area (Å²) >= 11 is 0. The van der Waals surface area contributed by atoms with E-state index >= 15 is 0 Å². The maximum Gasteiger partial charge on any atom is 0.140 e. The van der Waals surface area contributed by atoms with Crippen LogP contribution in [0.4, 0.5) is 0 Å². The van der Waals surface area contributed by atoms with Gasteiger partial charge in [-0.15, -0.1) is 0 Å². The Morgan fingerprint density at radius 3 is 2.50 bits per heavy atom. The van der Waals surface area contributed by atoms with Crippen LogP contribution >= 0.6 is 0 Å². The van der Waals surface area contributed by atoms with Gasteiger partial charge in [-0.2, -0.15) is 0 Å². The summed E-state index contributed by atoms with van der Waals surface area (Å²) in [7, 11) is 3.80. The van der Waals surface area contributed by atoms with Crippen LogP contribution in [0.3, 0.4) is 0 Å². The summed E-state index contributed by atoms with van der Waals surface area (Å²) in [6, 6.07) is 6.27. The summed E-state index contributed by atoms with van der Waals surface area (Å²) in [6.07, 6.45) is 2.73. The van der Waals surface area contributed by atoms with E-state index in [9.17, 15) is 4.79 Å². The fourth-order valence-corrected chi connectivity index (χ4v) is 3.16. The van der Waals surface area contributed by atoms with Gasteiger partial charge in [0.2, 0.25) is 0 Å². The maximum atomic E-state index is 12.4. The van der Waals surface area contributed by atoms with Gasteiger partial charge in [0.25, 0.3) is 0 Å². The molecule has 1 aromatic carbocycles. The number of nitrogens with zero attached hydrogens (tertiary/aromatic N) is 1. The molecule has 1 heterocycles. The smallest absolute Gasteiger partial charge is 0.140 e. The first-order chi connectivity index (χ1) is 9.53. The van der Waals surface area contributed by atoms with Crippen LogP contribution in [0.2, 0.25) is 0 Å². The average molecular weight is 275 g/mol. The highest BCUT2D eigenvalue weighted by Crippen LogP contribution is 2.41. The Morgan fingerprint density at radius 2 is 2.00 bits per heavy atom. The first-order valence-electron chi connectivity index (χ1n) is 7.40. The molecule has 0 N–H and O–H groups in total. The minimum Gasteiger partial charge on any atom is -0.496 e. The Bertz CT molecular complexity index is 488.